The van der Waals surface area contributed by atoms with E-state index in [1.807, 2.05) is 0 Å². The van der Waals surface area contributed by atoms with Gasteiger partial charge < -0.3 is 9.64 Å². The molecule has 1 N–H and O–H groups in total. The van der Waals surface area contributed by atoms with E-state index in [4.69, 9.17) is 33.3 Å². The van der Waals surface area contributed by atoms with Gasteiger partial charge in [-0.25, -0.2) is 0 Å². The van der Waals surface area contributed by atoms with Crippen LogP contribution in [0.4, 0.5) is 0 Å². The first kappa shape index (κ1) is 15.4. The maximum absolute atomic E-state index is 7.54. The third-order valence-corrected chi connectivity index (χ3v) is 2.34. The molecule has 0 aliphatic heterocycles. The van der Waals surface area contributed by atoms with Crippen LogP contribution in [-0.4, -0.2) is 31.4 Å². The summed E-state index contributed by atoms with van der Waals surface area (Å²) in [6.45, 7) is 0.174. The molecule has 0 bridgehead atoms. The highest BCUT2D eigenvalue weighted by Crippen LogP contribution is 2.27. The van der Waals surface area contributed by atoms with Crippen LogP contribution in [0.1, 0.15) is 0 Å². The lowest BCUT2D eigenvalue weighted by molar-refractivity contribution is 0.358. The Balaban J connectivity index is 0.00000225. The molecule has 0 radical (unpaired) electrons. The van der Waals surface area contributed by atoms with E-state index in [0.29, 0.717) is 21.6 Å². The zero-order valence-corrected chi connectivity index (χ0v) is 11.3. The Morgan fingerprint density at radius 3 is 2.56 bits per heavy atom. The number of ether oxygens (including phenoxy) is 1. The van der Waals surface area contributed by atoms with Crippen LogP contribution < -0.4 is 4.74 Å². The van der Waals surface area contributed by atoms with Gasteiger partial charge in [0.2, 0.25) is 0 Å². The maximum atomic E-state index is 7.54. The summed E-state index contributed by atoms with van der Waals surface area (Å²) in [5.41, 5.74) is 0. The SMILES string of the molecule is CN(C)C(=N)COc1cc(Cl)ccc1Cl.Cl. The predicted molar refractivity (Wildman–Crippen MR) is 70.6 cm³/mol. The van der Waals surface area contributed by atoms with Crippen molar-refractivity contribution in [1.82, 2.24) is 4.90 Å². The molecule has 0 saturated heterocycles. The smallest absolute Gasteiger partial charge is 0.145 e. The second-order valence-corrected chi connectivity index (χ2v) is 4.05. The molecule has 6 heteroatoms. The normalized spacial score (nSPS) is 9.25. The van der Waals surface area contributed by atoms with Gasteiger partial charge in [0, 0.05) is 25.2 Å². The fourth-order valence-electron chi connectivity index (χ4n) is 0.863. The highest BCUT2D eigenvalue weighted by atomic mass is 35.5. The van der Waals surface area contributed by atoms with Crippen LogP contribution in [-0.2, 0) is 0 Å². The Hall–Kier alpha value is -0.640. The number of hydrogen-bond acceptors (Lipinski definition) is 2. The zero-order valence-electron chi connectivity index (χ0n) is 8.96. The molecule has 1 aromatic rings. The van der Waals surface area contributed by atoms with E-state index in [9.17, 15) is 0 Å². The van der Waals surface area contributed by atoms with Crippen LogP contribution in [0.2, 0.25) is 10.0 Å². The highest BCUT2D eigenvalue weighted by molar-refractivity contribution is 6.34. The lowest BCUT2D eigenvalue weighted by atomic mass is 10.3. The summed E-state index contributed by atoms with van der Waals surface area (Å²) >= 11 is 11.7. The van der Waals surface area contributed by atoms with Gasteiger partial charge in [-0.3, -0.25) is 5.41 Å². The Morgan fingerprint density at radius 2 is 2.00 bits per heavy atom. The van der Waals surface area contributed by atoms with Crippen LogP contribution in [0.3, 0.4) is 0 Å². The average Bonchev–Trinajstić information content (AvgIpc) is 2.18. The summed E-state index contributed by atoms with van der Waals surface area (Å²) in [6, 6.07) is 4.99. The van der Waals surface area contributed by atoms with Crippen LogP contribution in [0.25, 0.3) is 0 Å². The van der Waals surface area contributed by atoms with Crippen molar-refractivity contribution in [3.63, 3.8) is 0 Å². The van der Waals surface area contributed by atoms with Gasteiger partial charge in [-0.05, 0) is 12.1 Å². The molecule has 0 fully saturated rings. The third kappa shape index (κ3) is 4.47. The number of hydrogen-bond donors (Lipinski definition) is 1. The van der Waals surface area contributed by atoms with Crippen molar-refractivity contribution in [2.75, 3.05) is 20.7 Å². The first-order valence-corrected chi connectivity index (χ1v) is 5.09. The minimum Gasteiger partial charge on any atom is -0.484 e. The van der Waals surface area contributed by atoms with Crippen LogP contribution in [0.5, 0.6) is 5.75 Å². The molecule has 0 atom stereocenters. The Morgan fingerprint density at radius 1 is 1.38 bits per heavy atom. The molecule has 0 aliphatic carbocycles. The van der Waals surface area contributed by atoms with Crippen molar-refractivity contribution in [2.45, 2.75) is 0 Å². The summed E-state index contributed by atoms with van der Waals surface area (Å²) in [5, 5.41) is 8.59. The molecule has 0 amide bonds. The van der Waals surface area contributed by atoms with E-state index in [0.717, 1.165) is 0 Å². The fourth-order valence-corrected chi connectivity index (χ4v) is 1.20. The highest BCUT2D eigenvalue weighted by Gasteiger charge is 2.05. The van der Waals surface area contributed by atoms with E-state index in [2.05, 4.69) is 0 Å². The van der Waals surface area contributed by atoms with E-state index in [1.54, 1.807) is 37.2 Å². The molecule has 3 nitrogen and oxygen atoms in total. The first-order valence-electron chi connectivity index (χ1n) is 4.33. The van der Waals surface area contributed by atoms with Gasteiger partial charge >= 0.3 is 0 Å². The summed E-state index contributed by atoms with van der Waals surface area (Å²) in [6.07, 6.45) is 0. The number of nitrogens with one attached hydrogen (secondary N) is 1. The summed E-state index contributed by atoms with van der Waals surface area (Å²) < 4.78 is 5.36. The molecular weight excluding hydrogens is 270 g/mol. The molecule has 0 aromatic heterocycles. The molecule has 1 aromatic carbocycles. The summed E-state index contributed by atoms with van der Waals surface area (Å²) in [5.74, 6) is 0.863. The quantitative estimate of drug-likeness (QED) is 0.682. The maximum Gasteiger partial charge on any atom is 0.145 e. The minimum absolute atomic E-state index is 0. The lowest BCUT2D eigenvalue weighted by Gasteiger charge is -2.14. The van der Waals surface area contributed by atoms with Gasteiger partial charge in [-0.15, -0.1) is 12.4 Å². The molecule has 0 saturated carbocycles. The molecule has 0 heterocycles. The summed E-state index contributed by atoms with van der Waals surface area (Å²) in [4.78, 5) is 1.67. The van der Waals surface area contributed by atoms with E-state index in [-0.39, 0.29) is 19.0 Å². The average molecular weight is 284 g/mol. The van der Waals surface area contributed by atoms with Gasteiger partial charge in [0.05, 0.1) is 5.02 Å². The van der Waals surface area contributed by atoms with E-state index < -0.39 is 0 Å². The van der Waals surface area contributed by atoms with Crippen molar-refractivity contribution in [3.05, 3.63) is 28.2 Å². The molecular formula is C10H13Cl3N2O. The number of halogens is 3. The van der Waals surface area contributed by atoms with E-state index >= 15 is 0 Å². The van der Waals surface area contributed by atoms with E-state index in [1.165, 1.54) is 0 Å². The van der Waals surface area contributed by atoms with Crippen molar-refractivity contribution in [1.29, 1.82) is 5.41 Å². The Bertz CT molecular complexity index is 369. The molecule has 1 rings (SSSR count). The molecule has 0 aliphatic rings. The summed E-state index contributed by atoms with van der Waals surface area (Å²) in [7, 11) is 3.57. The van der Waals surface area contributed by atoms with Gasteiger partial charge in [0.15, 0.2) is 0 Å². The fraction of sp³-hybridized carbons (Fsp3) is 0.300. The monoisotopic (exact) mass is 282 g/mol. The van der Waals surface area contributed by atoms with Gasteiger partial charge in [0.25, 0.3) is 0 Å². The number of rotatable bonds is 3. The largest absolute Gasteiger partial charge is 0.484 e. The molecule has 0 unspecified atom stereocenters. The van der Waals surface area contributed by atoms with Gasteiger partial charge in [0.1, 0.15) is 18.2 Å². The van der Waals surface area contributed by atoms with Crippen molar-refractivity contribution in [2.24, 2.45) is 0 Å². The Labute approximate surface area is 111 Å². The molecule has 90 valence electrons. The van der Waals surface area contributed by atoms with Crippen LogP contribution in [0, 0.1) is 5.41 Å². The van der Waals surface area contributed by atoms with Crippen molar-refractivity contribution in [3.8, 4) is 5.75 Å². The van der Waals surface area contributed by atoms with Crippen molar-refractivity contribution < 1.29 is 4.74 Å². The first-order chi connectivity index (χ1) is 7.00. The lowest BCUT2D eigenvalue weighted by Crippen LogP contribution is -2.26. The topological polar surface area (TPSA) is 36.3 Å². The predicted octanol–water partition coefficient (Wildman–Crippen LogP) is 3.33. The third-order valence-electron chi connectivity index (χ3n) is 1.80. The second kappa shape index (κ2) is 6.84. The Kier molecular flexibility index (Phi) is 6.56. The number of nitrogens with zero attached hydrogens (tertiary/aromatic N) is 1. The molecule has 16 heavy (non-hydrogen) atoms. The number of likely N-dealkylation sites (N-methyl/N-ethyl adjacent to an activating group) is 1. The number of benzene rings is 1. The number of amidine groups is 1. The van der Waals surface area contributed by atoms with Crippen LogP contribution in [0.15, 0.2) is 18.2 Å². The van der Waals surface area contributed by atoms with Gasteiger partial charge in [-0.1, -0.05) is 23.2 Å². The second-order valence-electron chi connectivity index (χ2n) is 3.20. The van der Waals surface area contributed by atoms with Gasteiger partial charge in [-0.2, -0.15) is 0 Å². The minimum atomic E-state index is 0. The molecule has 0 spiro atoms. The zero-order chi connectivity index (χ0) is 11.4. The van der Waals surface area contributed by atoms with Crippen molar-refractivity contribution >= 4 is 41.4 Å². The van der Waals surface area contributed by atoms with Crippen LogP contribution >= 0.6 is 35.6 Å². The standard InChI is InChI=1S/C10H12Cl2N2O.ClH/c1-14(2)10(13)6-15-9-5-7(11)3-4-8(9)12;/h3-5,13H,6H2,1-2H3;1H.